The van der Waals surface area contributed by atoms with Crippen molar-refractivity contribution >= 4 is 0 Å². The van der Waals surface area contributed by atoms with E-state index in [4.69, 9.17) is 0 Å². The highest BCUT2D eigenvalue weighted by atomic mass is 16.1. The zero-order chi connectivity index (χ0) is 21.6. The topological polar surface area (TPSA) is 94.3 Å². The second-order valence-electron chi connectivity index (χ2n) is 7.58. The Morgan fingerprint density at radius 1 is 1.06 bits per heavy atom. The molecule has 0 bridgehead atoms. The van der Waals surface area contributed by atoms with Gasteiger partial charge in [-0.25, -0.2) is 9.89 Å². The maximum absolute atomic E-state index is 12.8. The number of aryl methyl sites for hydroxylation is 2. The van der Waals surface area contributed by atoms with E-state index in [1.54, 1.807) is 10.8 Å². The number of pyridine rings is 1. The number of hydrogen-bond acceptors (Lipinski definition) is 5. The molecule has 0 aliphatic heterocycles. The summed E-state index contributed by atoms with van der Waals surface area (Å²) in [4.78, 5) is 17.3. The van der Waals surface area contributed by atoms with Crippen LogP contribution in [0.5, 0.6) is 0 Å². The molecule has 0 aliphatic rings. The van der Waals surface area contributed by atoms with Crippen molar-refractivity contribution in [2.75, 3.05) is 0 Å². The molecule has 31 heavy (non-hydrogen) atoms. The Kier molecular flexibility index (Phi) is 6.35. The highest BCUT2D eigenvalue weighted by molar-refractivity contribution is 5.77. The molecule has 0 unspecified atom stereocenters. The van der Waals surface area contributed by atoms with Crippen molar-refractivity contribution in [3.63, 3.8) is 0 Å². The van der Waals surface area contributed by atoms with Crippen LogP contribution in [0.1, 0.15) is 44.4 Å². The van der Waals surface area contributed by atoms with Gasteiger partial charge < -0.3 is 0 Å². The van der Waals surface area contributed by atoms with E-state index < -0.39 is 0 Å². The summed E-state index contributed by atoms with van der Waals surface area (Å²) in [6, 6.07) is 12.1. The van der Waals surface area contributed by atoms with Gasteiger partial charge in [-0.2, -0.15) is 0 Å². The van der Waals surface area contributed by atoms with Crippen LogP contribution < -0.4 is 5.69 Å². The molecule has 4 rings (SSSR count). The zero-order valence-electron chi connectivity index (χ0n) is 18.0. The van der Waals surface area contributed by atoms with Crippen LogP contribution >= 0.6 is 0 Å². The number of rotatable bonds is 9. The highest BCUT2D eigenvalue weighted by Crippen LogP contribution is 2.28. The molecule has 0 saturated carbocycles. The van der Waals surface area contributed by atoms with Gasteiger partial charge in [0.05, 0.1) is 6.54 Å². The molecule has 1 aromatic carbocycles. The fourth-order valence-corrected chi connectivity index (χ4v) is 3.79. The Morgan fingerprint density at radius 3 is 2.61 bits per heavy atom. The van der Waals surface area contributed by atoms with E-state index in [-0.39, 0.29) is 5.69 Å². The first-order valence-corrected chi connectivity index (χ1v) is 10.8. The average molecular weight is 418 g/mol. The quantitative estimate of drug-likeness (QED) is 0.419. The molecule has 3 aromatic heterocycles. The first kappa shape index (κ1) is 20.7. The van der Waals surface area contributed by atoms with E-state index in [1.807, 2.05) is 29.8 Å². The molecule has 0 atom stereocenters. The van der Waals surface area contributed by atoms with Gasteiger partial charge >= 0.3 is 5.69 Å². The first-order chi connectivity index (χ1) is 15.2. The van der Waals surface area contributed by atoms with Gasteiger partial charge in [-0.05, 0) is 47.4 Å². The SMILES string of the molecule is CCCCCc1cn(CC)c(=O)n1Cc1ccc(-c2cccnc2-c2nnn[nH]2)cc1. The van der Waals surface area contributed by atoms with Crippen LogP contribution in [0.3, 0.4) is 0 Å². The van der Waals surface area contributed by atoms with E-state index in [2.05, 4.69) is 56.8 Å². The van der Waals surface area contributed by atoms with Crippen LogP contribution in [0.15, 0.2) is 53.6 Å². The number of imidazole rings is 1. The number of H-pyrrole nitrogens is 1. The average Bonchev–Trinajstić information content (AvgIpc) is 3.44. The molecule has 0 saturated heterocycles. The minimum atomic E-state index is 0.0606. The number of tetrazole rings is 1. The first-order valence-electron chi connectivity index (χ1n) is 10.8. The van der Waals surface area contributed by atoms with Crippen LogP contribution in [0.2, 0.25) is 0 Å². The number of nitrogens with zero attached hydrogens (tertiary/aromatic N) is 6. The van der Waals surface area contributed by atoms with Gasteiger partial charge in [-0.15, -0.1) is 5.10 Å². The predicted octanol–water partition coefficient (Wildman–Crippen LogP) is 3.69. The lowest BCUT2D eigenvalue weighted by Gasteiger charge is -2.10. The summed E-state index contributed by atoms with van der Waals surface area (Å²) in [6.07, 6.45) is 8.11. The minimum absolute atomic E-state index is 0.0606. The van der Waals surface area contributed by atoms with Crippen molar-refractivity contribution in [3.8, 4) is 22.6 Å². The van der Waals surface area contributed by atoms with Gasteiger partial charge in [0.15, 0.2) is 5.82 Å². The lowest BCUT2D eigenvalue weighted by Crippen LogP contribution is -2.25. The fourth-order valence-electron chi connectivity index (χ4n) is 3.79. The third-order valence-corrected chi connectivity index (χ3v) is 5.49. The standard InChI is InChI=1S/C23H27N7O/c1-3-5-6-8-19-16-29(4-2)23(31)30(19)15-17-10-12-18(13-11-17)20-9-7-14-24-21(20)22-25-27-28-26-22/h7,9-14,16H,3-6,8,15H2,1-2H3,(H,25,26,27,28). The number of nitrogens with one attached hydrogen (secondary N) is 1. The lowest BCUT2D eigenvalue weighted by molar-refractivity contribution is 0.638. The molecular formula is C23H27N7O. The predicted molar refractivity (Wildman–Crippen MR) is 120 cm³/mol. The summed E-state index contributed by atoms with van der Waals surface area (Å²) in [5.41, 5.74) is 4.92. The number of unbranched alkanes of at least 4 members (excludes halogenated alkanes) is 2. The van der Waals surface area contributed by atoms with E-state index in [9.17, 15) is 4.79 Å². The number of hydrogen-bond donors (Lipinski definition) is 1. The molecule has 0 spiro atoms. The Morgan fingerprint density at radius 2 is 1.90 bits per heavy atom. The van der Waals surface area contributed by atoms with Gasteiger partial charge in [0, 0.05) is 30.2 Å². The van der Waals surface area contributed by atoms with E-state index in [0.29, 0.717) is 24.6 Å². The molecule has 0 fully saturated rings. The van der Waals surface area contributed by atoms with Gasteiger partial charge in [0.1, 0.15) is 5.69 Å². The molecule has 3 heterocycles. The summed E-state index contributed by atoms with van der Waals surface area (Å²) in [6.45, 7) is 5.45. The zero-order valence-corrected chi connectivity index (χ0v) is 18.0. The summed E-state index contributed by atoms with van der Waals surface area (Å²) >= 11 is 0. The lowest BCUT2D eigenvalue weighted by atomic mass is 10.0. The summed E-state index contributed by atoms with van der Waals surface area (Å²) in [7, 11) is 0. The molecule has 0 aliphatic carbocycles. The minimum Gasteiger partial charge on any atom is -0.299 e. The van der Waals surface area contributed by atoms with Gasteiger partial charge in [-0.3, -0.25) is 14.1 Å². The van der Waals surface area contributed by atoms with Crippen molar-refractivity contribution in [3.05, 3.63) is 70.5 Å². The maximum atomic E-state index is 12.8. The third-order valence-electron chi connectivity index (χ3n) is 5.49. The van der Waals surface area contributed by atoms with Crippen molar-refractivity contribution in [1.82, 2.24) is 34.7 Å². The Labute approximate surface area is 181 Å². The second kappa shape index (κ2) is 9.51. The Hall–Kier alpha value is -3.55. The summed E-state index contributed by atoms with van der Waals surface area (Å²) in [5, 5.41) is 14.1. The van der Waals surface area contributed by atoms with Crippen molar-refractivity contribution in [1.29, 1.82) is 0 Å². The molecule has 0 amide bonds. The van der Waals surface area contributed by atoms with E-state index in [0.717, 1.165) is 35.2 Å². The van der Waals surface area contributed by atoms with Gasteiger partial charge in [0.25, 0.3) is 0 Å². The van der Waals surface area contributed by atoms with E-state index >= 15 is 0 Å². The van der Waals surface area contributed by atoms with Crippen LogP contribution in [-0.4, -0.2) is 34.7 Å². The van der Waals surface area contributed by atoms with Crippen LogP contribution in [0.4, 0.5) is 0 Å². The molecule has 8 heteroatoms. The number of aromatic nitrogens is 7. The van der Waals surface area contributed by atoms with Crippen molar-refractivity contribution in [2.24, 2.45) is 0 Å². The molecule has 8 nitrogen and oxygen atoms in total. The molecule has 160 valence electrons. The molecule has 0 radical (unpaired) electrons. The molecular weight excluding hydrogens is 390 g/mol. The monoisotopic (exact) mass is 417 g/mol. The smallest absolute Gasteiger partial charge is 0.299 e. The number of benzene rings is 1. The second-order valence-corrected chi connectivity index (χ2v) is 7.58. The fraction of sp³-hybridized carbons (Fsp3) is 0.348. The van der Waals surface area contributed by atoms with Crippen LogP contribution in [0, 0.1) is 0 Å². The summed E-state index contributed by atoms with van der Waals surface area (Å²) in [5.74, 6) is 0.531. The Balaban J connectivity index is 1.60. The summed E-state index contributed by atoms with van der Waals surface area (Å²) < 4.78 is 3.70. The molecule has 1 N–H and O–H groups in total. The van der Waals surface area contributed by atoms with Gasteiger partial charge in [0.2, 0.25) is 0 Å². The number of aromatic amines is 1. The maximum Gasteiger partial charge on any atom is 0.328 e. The Bertz CT molecular complexity index is 1170. The normalized spacial score (nSPS) is 11.2. The van der Waals surface area contributed by atoms with Crippen LogP contribution in [-0.2, 0) is 19.5 Å². The van der Waals surface area contributed by atoms with Crippen molar-refractivity contribution < 1.29 is 0 Å². The highest BCUT2D eigenvalue weighted by Gasteiger charge is 2.13. The third kappa shape index (κ3) is 4.47. The van der Waals surface area contributed by atoms with Crippen LogP contribution in [0.25, 0.3) is 22.6 Å². The molecule has 4 aromatic rings. The largest absolute Gasteiger partial charge is 0.328 e. The van der Waals surface area contributed by atoms with E-state index in [1.165, 1.54) is 12.8 Å². The van der Waals surface area contributed by atoms with Gasteiger partial charge in [-0.1, -0.05) is 50.1 Å². The van der Waals surface area contributed by atoms with Crippen molar-refractivity contribution in [2.45, 2.75) is 52.6 Å².